The zero-order valence-corrected chi connectivity index (χ0v) is 11.3. The van der Waals surface area contributed by atoms with Gasteiger partial charge >= 0.3 is 0 Å². The Morgan fingerprint density at radius 1 is 1.21 bits per heavy atom. The van der Waals surface area contributed by atoms with Gasteiger partial charge in [0.1, 0.15) is 5.78 Å². The predicted molar refractivity (Wildman–Crippen MR) is 72.4 cm³/mol. The maximum absolute atomic E-state index is 12.0. The van der Waals surface area contributed by atoms with Gasteiger partial charge in [-0.2, -0.15) is 0 Å². The van der Waals surface area contributed by atoms with E-state index in [4.69, 9.17) is 11.6 Å². The third-order valence-electron chi connectivity index (χ3n) is 3.45. The molecule has 19 heavy (non-hydrogen) atoms. The molecule has 4 heteroatoms. The van der Waals surface area contributed by atoms with Gasteiger partial charge in [0.05, 0.1) is 17.4 Å². The Hall–Kier alpha value is -1.48. The molecule has 1 aliphatic rings. The summed E-state index contributed by atoms with van der Waals surface area (Å²) in [5.74, 6) is -1.19. The Balaban J connectivity index is 2.05. The second-order valence-corrected chi connectivity index (χ2v) is 5.22. The molecule has 0 amide bonds. The molecular formula is C15H15ClO3. The van der Waals surface area contributed by atoms with E-state index in [0.717, 1.165) is 12.8 Å². The van der Waals surface area contributed by atoms with Crippen molar-refractivity contribution in [2.75, 3.05) is 0 Å². The predicted octanol–water partition coefficient (Wildman–Crippen LogP) is 3.24. The van der Waals surface area contributed by atoms with Crippen LogP contribution in [0.2, 0.25) is 5.02 Å². The van der Waals surface area contributed by atoms with Crippen LogP contribution >= 0.6 is 11.6 Å². The van der Waals surface area contributed by atoms with Gasteiger partial charge in [0.2, 0.25) is 0 Å². The Labute approximate surface area is 116 Å². The van der Waals surface area contributed by atoms with Crippen LogP contribution in [0.1, 0.15) is 42.5 Å². The normalized spacial score (nSPS) is 19.2. The molecule has 0 radical (unpaired) electrons. The van der Waals surface area contributed by atoms with Crippen molar-refractivity contribution in [2.24, 2.45) is 5.92 Å². The van der Waals surface area contributed by atoms with Crippen molar-refractivity contribution in [1.82, 2.24) is 0 Å². The first-order chi connectivity index (χ1) is 9.09. The fraction of sp³-hybridized carbons (Fsp3) is 0.400. The molecule has 0 aromatic heterocycles. The molecule has 1 aromatic carbocycles. The molecule has 100 valence electrons. The molecule has 1 aromatic rings. The van der Waals surface area contributed by atoms with Gasteiger partial charge in [-0.25, -0.2) is 0 Å². The van der Waals surface area contributed by atoms with E-state index in [-0.39, 0.29) is 23.8 Å². The van der Waals surface area contributed by atoms with Crippen LogP contribution in [-0.4, -0.2) is 17.3 Å². The molecule has 0 N–H and O–H groups in total. The molecule has 3 nitrogen and oxygen atoms in total. The fourth-order valence-electron chi connectivity index (χ4n) is 2.39. The summed E-state index contributed by atoms with van der Waals surface area (Å²) >= 11 is 5.92. The average molecular weight is 279 g/mol. The minimum atomic E-state index is -0.583. The number of carbonyl (C=O) groups is 3. The zero-order chi connectivity index (χ0) is 13.8. The molecule has 0 heterocycles. The summed E-state index contributed by atoms with van der Waals surface area (Å²) < 4.78 is 0. The average Bonchev–Trinajstić information content (AvgIpc) is 2.39. The first kappa shape index (κ1) is 13.9. The Kier molecular flexibility index (Phi) is 4.48. The van der Waals surface area contributed by atoms with E-state index in [9.17, 15) is 14.4 Å². The molecule has 1 fully saturated rings. The van der Waals surface area contributed by atoms with Gasteiger partial charge in [0, 0.05) is 12.0 Å². The van der Waals surface area contributed by atoms with Crippen LogP contribution in [0.25, 0.3) is 0 Å². The molecule has 0 spiro atoms. The highest BCUT2D eigenvalue weighted by atomic mass is 35.5. The van der Waals surface area contributed by atoms with E-state index < -0.39 is 5.92 Å². The van der Waals surface area contributed by atoms with Crippen molar-refractivity contribution in [1.29, 1.82) is 0 Å². The topological polar surface area (TPSA) is 51.2 Å². The summed E-state index contributed by atoms with van der Waals surface area (Å²) in [7, 11) is 0. The highest BCUT2D eigenvalue weighted by Gasteiger charge is 2.30. The molecular weight excluding hydrogens is 264 g/mol. The molecule has 1 saturated carbocycles. The van der Waals surface area contributed by atoms with Crippen molar-refractivity contribution in [3.8, 4) is 0 Å². The Morgan fingerprint density at radius 3 is 2.63 bits per heavy atom. The van der Waals surface area contributed by atoms with Crippen molar-refractivity contribution in [3.05, 3.63) is 34.9 Å². The minimum absolute atomic E-state index is 0.0248. The van der Waals surface area contributed by atoms with Gasteiger partial charge < -0.3 is 0 Å². The first-order valence-corrected chi connectivity index (χ1v) is 6.80. The number of hydrogen-bond donors (Lipinski definition) is 0. The molecule has 1 aliphatic carbocycles. The summed E-state index contributed by atoms with van der Waals surface area (Å²) in [4.78, 5) is 35.7. The summed E-state index contributed by atoms with van der Waals surface area (Å²) in [5.41, 5.74) is 0.348. The van der Waals surface area contributed by atoms with Crippen molar-refractivity contribution in [3.63, 3.8) is 0 Å². The van der Waals surface area contributed by atoms with Crippen molar-refractivity contribution in [2.45, 2.75) is 32.1 Å². The summed E-state index contributed by atoms with van der Waals surface area (Å²) in [6.07, 6.45) is 2.52. The molecule has 1 atom stereocenters. The molecule has 1 unspecified atom stereocenters. The Bertz CT molecular complexity index is 522. The lowest BCUT2D eigenvalue weighted by Crippen LogP contribution is -2.28. The van der Waals surface area contributed by atoms with Crippen molar-refractivity contribution >= 4 is 29.0 Å². The third-order valence-corrected chi connectivity index (χ3v) is 3.78. The fourth-order valence-corrected chi connectivity index (χ4v) is 2.63. The minimum Gasteiger partial charge on any atom is -0.299 e. The van der Waals surface area contributed by atoms with E-state index in [0.29, 0.717) is 23.4 Å². The maximum Gasteiger partial charge on any atom is 0.171 e. The maximum atomic E-state index is 12.0. The van der Waals surface area contributed by atoms with Crippen LogP contribution in [0.5, 0.6) is 0 Å². The quantitative estimate of drug-likeness (QED) is 0.627. The van der Waals surface area contributed by atoms with Crippen LogP contribution in [0.3, 0.4) is 0 Å². The van der Waals surface area contributed by atoms with Gasteiger partial charge in [-0.05, 0) is 25.0 Å². The SMILES string of the molecule is O=C(CC(=O)C1CCCCC1=O)c1ccccc1Cl. The highest BCUT2D eigenvalue weighted by Crippen LogP contribution is 2.24. The van der Waals surface area contributed by atoms with Gasteiger partial charge in [0.25, 0.3) is 0 Å². The number of Topliss-reactive ketones (excluding diaryl/α,β-unsaturated/α-hetero) is 3. The number of rotatable bonds is 4. The smallest absolute Gasteiger partial charge is 0.171 e. The lowest BCUT2D eigenvalue weighted by molar-refractivity contribution is -0.133. The molecule has 0 saturated heterocycles. The lowest BCUT2D eigenvalue weighted by atomic mass is 9.83. The summed E-state index contributed by atoms with van der Waals surface area (Å²) in [6.45, 7) is 0. The summed E-state index contributed by atoms with van der Waals surface area (Å²) in [5, 5.41) is 0.343. The van der Waals surface area contributed by atoms with E-state index in [1.165, 1.54) is 0 Å². The van der Waals surface area contributed by atoms with Crippen LogP contribution in [-0.2, 0) is 9.59 Å². The van der Waals surface area contributed by atoms with Gasteiger partial charge in [-0.1, -0.05) is 30.2 Å². The second kappa shape index (κ2) is 6.11. The van der Waals surface area contributed by atoms with Crippen LogP contribution in [0.15, 0.2) is 24.3 Å². The van der Waals surface area contributed by atoms with Gasteiger partial charge in [0.15, 0.2) is 11.6 Å². The van der Waals surface area contributed by atoms with E-state index >= 15 is 0 Å². The number of ketones is 3. The number of benzene rings is 1. The molecule has 2 rings (SSSR count). The van der Waals surface area contributed by atoms with Crippen LogP contribution < -0.4 is 0 Å². The standard InChI is InChI=1S/C15H15ClO3/c16-12-7-3-1-5-10(12)14(18)9-15(19)11-6-2-4-8-13(11)17/h1,3,5,7,11H,2,4,6,8-9H2. The molecule has 0 bridgehead atoms. The van der Waals surface area contributed by atoms with Crippen LogP contribution in [0.4, 0.5) is 0 Å². The molecule has 0 aliphatic heterocycles. The largest absolute Gasteiger partial charge is 0.299 e. The summed E-state index contributed by atoms with van der Waals surface area (Å²) in [6, 6.07) is 6.65. The van der Waals surface area contributed by atoms with E-state index in [1.54, 1.807) is 24.3 Å². The second-order valence-electron chi connectivity index (χ2n) is 4.81. The van der Waals surface area contributed by atoms with E-state index in [2.05, 4.69) is 0 Å². The number of carbonyl (C=O) groups excluding carboxylic acids is 3. The van der Waals surface area contributed by atoms with E-state index in [1.807, 2.05) is 0 Å². The Morgan fingerprint density at radius 2 is 1.95 bits per heavy atom. The first-order valence-electron chi connectivity index (χ1n) is 6.42. The van der Waals surface area contributed by atoms with Gasteiger partial charge in [-0.3, -0.25) is 14.4 Å². The lowest BCUT2D eigenvalue weighted by Gasteiger charge is -2.18. The zero-order valence-electron chi connectivity index (χ0n) is 10.5. The number of halogens is 1. The van der Waals surface area contributed by atoms with Gasteiger partial charge in [-0.15, -0.1) is 0 Å². The number of hydrogen-bond acceptors (Lipinski definition) is 3. The highest BCUT2D eigenvalue weighted by molar-refractivity contribution is 6.34. The third kappa shape index (κ3) is 3.29. The van der Waals surface area contributed by atoms with Crippen LogP contribution in [0, 0.1) is 5.92 Å². The van der Waals surface area contributed by atoms with Crippen molar-refractivity contribution < 1.29 is 14.4 Å². The monoisotopic (exact) mass is 278 g/mol.